The molecule has 1 N–H and O–H groups in total. The molecule has 42 heavy (non-hydrogen) atoms. The molecular formula is C33H22Cl2N2O5. The van der Waals surface area contributed by atoms with E-state index in [1.54, 1.807) is 24.3 Å². The van der Waals surface area contributed by atoms with Gasteiger partial charge in [0.1, 0.15) is 0 Å². The highest BCUT2D eigenvalue weighted by Gasteiger charge is 2.61. The molecule has 208 valence electrons. The maximum Gasteiger partial charge on any atom is 0.338 e. The molecule has 8 rings (SSSR count). The topological polar surface area (TPSA) is 92.8 Å². The van der Waals surface area contributed by atoms with Crippen LogP contribution in [0, 0.1) is 11.8 Å². The van der Waals surface area contributed by atoms with E-state index < -0.39 is 30.3 Å². The lowest BCUT2D eigenvalue weighted by molar-refractivity contribution is -0.122. The fourth-order valence-electron chi connectivity index (χ4n) is 6.70. The van der Waals surface area contributed by atoms with Crippen molar-refractivity contribution in [2.24, 2.45) is 11.8 Å². The van der Waals surface area contributed by atoms with Crippen molar-refractivity contribution in [3.8, 4) is 0 Å². The van der Waals surface area contributed by atoms with Gasteiger partial charge in [-0.3, -0.25) is 14.4 Å². The molecule has 1 saturated heterocycles. The fraction of sp³-hybridized carbons (Fsp3) is 0.152. The number of ether oxygens (including phenoxy) is 1. The first-order valence-electron chi connectivity index (χ1n) is 13.4. The molecule has 0 radical (unpaired) electrons. The average molecular weight is 597 g/mol. The molecule has 3 amide bonds. The van der Waals surface area contributed by atoms with Gasteiger partial charge in [-0.2, -0.15) is 0 Å². The van der Waals surface area contributed by atoms with E-state index in [1.807, 2.05) is 48.5 Å². The van der Waals surface area contributed by atoms with Crippen molar-refractivity contribution in [3.63, 3.8) is 0 Å². The lowest BCUT2D eigenvalue weighted by Crippen LogP contribution is -2.41. The van der Waals surface area contributed by atoms with E-state index in [2.05, 4.69) is 5.32 Å². The molecule has 0 unspecified atom stereocenters. The number of rotatable bonds is 5. The van der Waals surface area contributed by atoms with Crippen molar-refractivity contribution >= 4 is 58.3 Å². The van der Waals surface area contributed by atoms with E-state index >= 15 is 0 Å². The summed E-state index contributed by atoms with van der Waals surface area (Å²) < 4.78 is 5.21. The van der Waals surface area contributed by atoms with Crippen LogP contribution in [0.15, 0.2) is 91.0 Å². The van der Waals surface area contributed by atoms with Gasteiger partial charge in [0.25, 0.3) is 5.91 Å². The van der Waals surface area contributed by atoms with E-state index in [0.29, 0.717) is 16.4 Å². The molecule has 1 heterocycles. The van der Waals surface area contributed by atoms with Crippen molar-refractivity contribution in [3.05, 3.63) is 129 Å². The SMILES string of the molecule is O=C(COC(=O)c1cccc(N2C(=O)[C@@H]3C4c5ccccc5C(c5ccccc54)[C@H]3C2=O)c1)Nc1ccc(Cl)cc1Cl. The molecule has 1 fully saturated rings. The second-order valence-electron chi connectivity index (χ2n) is 10.6. The maximum atomic E-state index is 14.0. The third-order valence-corrected chi connectivity index (χ3v) is 8.88. The number of esters is 1. The summed E-state index contributed by atoms with van der Waals surface area (Å²) in [5.41, 5.74) is 5.06. The van der Waals surface area contributed by atoms with Crippen LogP contribution < -0.4 is 10.2 Å². The number of hydrogen-bond acceptors (Lipinski definition) is 5. The molecule has 2 bridgehead atoms. The number of amides is 3. The predicted octanol–water partition coefficient (Wildman–Crippen LogP) is 6.19. The van der Waals surface area contributed by atoms with Crippen molar-refractivity contribution in [1.29, 1.82) is 0 Å². The van der Waals surface area contributed by atoms with Crippen LogP contribution in [-0.2, 0) is 19.1 Å². The van der Waals surface area contributed by atoms with Crippen LogP contribution in [0.5, 0.6) is 0 Å². The molecule has 0 spiro atoms. The number of imide groups is 1. The maximum absolute atomic E-state index is 14.0. The van der Waals surface area contributed by atoms with Gasteiger partial charge in [0.05, 0.1) is 33.8 Å². The van der Waals surface area contributed by atoms with Gasteiger partial charge >= 0.3 is 5.97 Å². The minimum atomic E-state index is -0.773. The van der Waals surface area contributed by atoms with Crippen LogP contribution in [-0.4, -0.2) is 30.3 Å². The van der Waals surface area contributed by atoms with Gasteiger partial charge in [-0.25, -0.2) is 9.69 Å². The second kappa shape index (κ2) is 10.1. The summed E-state index contributed by atoms with van der Waals surface area (Å²) in [6.07, 6.45) is 0. The minimum absolute atomic E-state index is 0.106. The minimum Gasteiger partial charge on any atom is -0.452 e. The number of benzene rings is 4. The second-order valence-corrected chi connectivity index (χ2v) is 11.4. The van der Waals surface area contributed by atoms with Gasteiger partial charge in [0.2, 0.25) is 11.8 Å². The zero-order chi connectivity index (χ0) is 29.1. The van der Waals surface area contributed by atoms with E-state index in [0.717, 1.165) is 22.3 Å². The first-order chi connectivity index (χ1) is 20.3. The molecule has 4 aromatic rings. The zero-order valence-electron chi connectivity index (χ0n) is 21.9. The Labute approximate surface area is 251 Å². The fourth-order valence-corrected chi connectivity index (χ4v) is 7.15. The van der Waals surface area contributed by atoms with E-state index in [9.17, 15) is 19.2 Å². The summed E-state index contributed by atoms with van der Waals surface area (Å²) in [6.45, 7) is -0.562. The lowest BCUT2D eigenvalue weighted by Gasteiger charge is -2.45. The number of nitrogens with zero attached hydrogens (tertiary/aromatic N) is 1. The highest BCUT2D eigenvalue weighted by molar-refractivity contribution is 6.36. The molecule has 4 aliphatic rings. The van der Waals surface area contributed by atoms with Gasteiger partial charge in [-0.1, -0.05) is 77.8 Å². The Morgan fingerprint density at radius 3 is 1.86 bits per heavy atom. The van der Waals surface area contributed by atoms with Crippen LogP contribution in [0.4, 0.5) is 11.4 Å². The number of nitrogens with one attached hydrogen (secondary N) is 1. The van der Waals surface area contributed by atoms with Crippen molar-refractivity contribution < 1.29 is 23.9 Å². The molecule has 9 heteroatoms. The summed E-state index contributed by atoms with van der Waals surface area (Å²) in [7, 11) is 0. The predicted molar refractivity (Wildman–Crippen MR) is 158 cm³/mol. The summed E-state index contributed by atoms with van der Waals surface area (Å²) in [5, 5.41) is 3.23. The van der Waals surface area contributed by atoms with Crippen LogP contribution in [0.2, 0.25) is 10.0 Å². The molecule has 4 aromatic carbocycles. The summed E-state index contributed by atoms with van der Waals surface area (Å²) in [4.78, 5) is 54.4. The monoisotopic (exact) mass is 596 g/mol. The molecular weight excluding hydrogens is 575 g/mol. The smallest absolute Gasteiger partial charge is 0.338 e. The number of carbonyl (C=O) groups is 4. The van der Waals surface area contributed by atoms with E-state index in [-0.39, 0.29) is 34.2 Å². The van der Waals surface area contributed by atoms with Gasteiger partial charge < -0.3 is 10.1 Å². The van der Waals surface area contributed by atoms with Crippen LogP contribution in [0.25, 0.3) is 0 Å². The molecule has 0 aromatic heterocycles. The largest absolute Gasteiger partial charge is 0.452 e. The highest BCUT2D eigenvalue weighted by Crippen LogP contribution is 2.61. The first kappa shape index (κ1) is 26.4. The Hall–Kier alpha value is -4.46. The zero-order valence-corrected chi connectivity index (χ0v) is 23.4. The van der Waals surface area contributed by atoms with Crippen LogP contribution in [0.3, 0.4) is 0 Å². The first-order valence-corrected chi connectivity index (χ1v) is 14.2. The molecule has 3 aliphatic carbocycles. The van der Waals surface area contributed by atoms with Crippen molar-refractivity contribution in [2.45, 2.75) is 11.8 Å². The Balaban J connectivity index is 1.13. The number of hydrogen-bond donors (Lipinski definition) is 1. The highest BCUT2D eigenvalue weighted by atomic mass is 35.5. The summed E-state index contributed by atoms with van der Waals surface area (Å²) in [6, 6.07) is 26.8. The van der Waals surface area contributed by atoms with Gasteiger partial charge in [0, 0.05) is 16.9 Å². The van der Waals surface area contributed by atoms with Crippen LogP contribution >= 0.6 is 23.2 Å². The van der Waals surface area contributed by atoms with Gasteiger partial charge in [-0.15, -0.1) is 0 Å². The summed E-state index contributed by atoms with van der Waals surface area (Å²) in [5.74, 6) is -3.46. The van der Waals surface area contributed by atoms with E-state index in [4.69, 9.17) is 27.9 Å². The number of carbonyl (C=O) groups excluding carboxylic acids is 4. The van der Waals surface area contributed by atoms with Crippen molar-refractivity contribution in [2.75, 3.05) is 16.8 Å². The molecule has 1 aliphatic heterocycles. The lowest BCUT2D eigenvalue weighted by atomic mass is 9.55. The molecule has 0 saturated carbocycles. The average Bonchev–Trinajstić information content (AvgIpc) is 3.27. The molecule has 2 atom stereocenters. The number of halogens is 2. The summed E-state index contributed by atoms with van der Waals surface area (Å²) >= 11 is 12.0. The standard InChI is InChI=1S/C33H22Cl2N2O5/c34-18-12-13-25(24(35)15-18)36-26(38)16-42-33(41)17-6-5-7-19(14-17)37-31(39)29-27-20-8-1-2-9-21(20)28(30(29)32(37)40)23-11-4-3-10-22(23)27/h1-15,27-30H,16H2,(H,36,38)/t27?,28?,29-,30-/m1/s1. The molecule has 7 nitrogen and oxygen atoms in total. The van der Waals surface area contributed by atoms with Crippen LogP contribution in [0.1, 0.15) is 44.4 Å². The van der Waals surface area contributed by atoms with Gasteiger partial charge in [-0.05, 0) is 58.7 Å². The third kappa shape index (κ3) is 4.11. The normalized spacial score (nSPS) is 21.4. The Bertz CT molecular complexity index is 1710. The Morgan fingerprint density at radius 2 is 1.31 bits per heavy atom. The quantitative estimate of drug-likeness (QED) is 0.219. The van der Waals surface area contributed by atoms with Gasteiger partial charge in [0.15, 0.2) is 6.61 Å². The number of anilines is 2. The Morgan fingerprint density at radius 1 is 0.738 bits per heavy atom. The van der Waals surface area contributed by atoms with Crippen molar-refractivity contribution in [1.82, 2.24) is 0 Å². The van der Waals surface area contributed by atoms with E-state index in [1.165, 1.54) is 23.1 Å². The Kier molecular flexibility index (Phi) is 6.37. The third-order valence-electron chi connectivity index (χ3n) is 8.33.